The highest BCUT2D eigenvalue weighted by molar-refractivity contribution is 6.76. The Morgan fingerprint density at radius 3 is 2.79 bits per heavy atom. The van der Waals surface area contributed by atoms with Crippen LogP contribution in [0.1, 0.15) is 18.0 Å². The first kappa shape index (κ1) is 19.8. The summed E-state index contributed by atoms with van der Waals surface area (Å²) in [6.45, 7) is 10.1. The van der Waals surface area contributed by atoms with E-state index in [1.165, 1.54) is 0 Å². The molecule has 1 aliphatic heterocycles. The molecule has 4 heterocycles. The Kier molecular flexibility index (Phi) is 5.51. The number of aromatic nitrogens is 5. The minimum absolute atomic E-state index is 0.265. The Morgan fingerprint density at radius 2 is 2.00 bits per heavy atom. The molecule has 2 N–H and O–H groups in total. The normalized spacial score (nSPS) is 17.3. The Labute approximate surface area is 172 Å². The van der Waals surface area contributed by atoms with E-state index in [1.54, 1.807) is 18.7 Å². The van der Waals surface area contributed by atoms with E-state index in [2.05, 4.69) is 55.1 Å². The predicted molar refractivity (Wildman–Crippen MR) is 118 cm³/mol. The quantitative estimate of drug-likeness (QED) is 0.471. The van der Waals surface area contributed by atoms with Gasteiger partial charge in [0.1, 0.15) is 30.3 Å². The molecule has 0 aliphatic carbocycles. The van der Waals surface area contributed by atoms with Crippen LogP contribution in [-0.2, 0) is 11.5 Å². The fourth-order valence-electron chi connectivity index (χ4n) is 3.74. The van der Waals surface area contributed by atoms with E-state index in [4.69, 9.17) is 10.5 Å². The van der Waals surface area contributed by atoms with Crippen molar-refractivity contribution in [3.8, 4) is 0 Å². The van der Waals surface area contributed by atoms with Crippen LogP contribution in [-0.4, -0.2) is 52.3 Å². The fraction of sp³-hybridized carbons (Fsp3) is 0.500. The molecule has 0 radical (unpaired) electrons. The van der Waals surface area contributed by atoms with Crippen LogP contribution in [0, 0.1) is 0 Å². The lowest BCUT2D eigenvalue weighted by Crippen LogP contribution is -2.22. The SMILES string of the molecule is C[Si](C)(C)CCOCn1ccc2c(N3CC[C@@H](c4nccnc4N)C3)ncnc21. The van der Waals surface area contributed by atoms with E-state index in [9.17, 15) is 0 Å². The van der Waals surface area contributed by atoms with Gasteiger partial charge in [0.15, 0.2) is 0 Å². The molecule has 0 spiro atoms. The third-order valence-electron chi connectivity index (χ3n) is 5.39. The van der Waals surface area contributed by atoms with Gasteiger partial charge in [-0.15, -0.1) is 0 Å². The third kappa shape index (κ3) is 4.40. The molecule has 0 amide bonds. The molecule has 0 bridgehead atoms. The number of nitrogens with two attached hydrogens (primary N) is 1. The average molecular weight is 412 g/mol. The van der Waals surface area contributed by atoms with Crippen LogP contribution < -0.4 is 10.6 Å². The Morgan fingerprint density at radius 1 is 1.17 bits per heavy atom. The molecule has 4 rings (SSSR count). The number of nitrogens with zero attached hydrogens (tertiary/aromatic N) is 6. The second-order valence-corrected chi connectivity index (χ2v) is 14.4. The highest BCUT2D eigenvalue weighted by Gasteiger charge is 2.29. The molecular formula is C20H29N7OSi. The van der Waals surface area contributed by atoms with Crippen molar-refractivity contribution in [1.29, 1.82) is 0 Å². The molecule has 3 aromatic heterocycles. The number of rotatable bonds is 7. The standard InChI is InChI=1S/C20H29N7OSi/c1-29(2,3)11-10-28-14-27-9-5-16-19(24-13-25-20(16)27)26-8-4-15(12-26)17-18(21)23-7-6-22-17/h5-7,9,13,15H,4,8,10-12,14H2,1-3H3,(H2,21,23)/t15-/m1/s1. The van der Waals surface area contributed by atoms with Crippen LogP contribution >= 0.6 is 0 Å². The molecular weight excluding hydrogens is 382 g/mol. The van der Waals surface area contributed by atoms with Gasteiger partial charge in [-0.05, 0) is 18.5 Å². The topological polar surface area (TPSA) is 95.0 Å². The molecule has 29 heavy (non-hydrogen) atoms. The lowest BCUT2D eigenvalue weighted by molar-refractivity contribution is 0.0899. The number of hydrogen-bond donors (Lipinski definition) is 1. The molecule has 1 saturated heterocycles. The second kappa shape index (κ2) is 8.07. The zero-order valence-corrected chi connectivity index (χ0v) is 18.4. The first-order valence-electron chi connectivity index (χ1n) is 10.1. The van der Waals surface area contributed by atoms with E-state index in [0.29, 0.717) is 12.5 Å². The van der Waals surface area contributed by atoms with Crippen molar-refractivity contribution in [2.75, 3.05) is 30.3 Å². The summed E-state index contributed by atoms with van der Waals surface area (Å²) in [7, 11) is -1.08. The molecule has 154 valence electrons. The van der Waals surface area contributed by atoms with Gasteiger partial charge in [-0.1, -0.05) is 19.6 Å². The highest BCUT2D eigenvalue weighted by atomic mass is 28.3. The number of nitrogen functional groups attached to an aromatic ring is 1. The van der Waals surface area contributed by atoms with Crippen LogP contribution in [0.4, 0.5) is 11.6 Å². The molecule has 0 saturated carbocycles. The summed E-state index contributed by atoms with van der Waals surface area (Å²) >= 11 is 0. The lowest BCUT2D eigenvalue weighted by atomic mass is 10.0. The van der Waals surface area contributed by atoms with Gasteiger partial charge in [-0.3, -0.25) is 4.98 Å². The van der Waals surface area contributed by atoms with Crippen LogP contribution in [0.5, 0.6) is 0 Å². The number of ether oxygens (including phenoxy) is 1. The monoisotopic (exact) mass is 411 g/mol. The molecule has 1 aliphatic rings. The first-order chi connectivity index (χ1) is 13.9. The molecule has 0 unspecified atom stereocenters. The van der Waals surface area contributed by atoms with E-state index >= 15 is 0 Å². The van der Waals surface area contributed by atoms with E-state index < -0.39 is 8.07 Å². The molecule has 1 atom stereocenters. The third-order valence-corrected chi connectivity index (χ3v) is 7.10. The van der Waals surface area contributed by atoms with Crippen molar-refractivity contribution in [2.24, 2.45) is 0 Å². The van der Waals surface area contributed by atoms with Gasteiger partial charge in [0, 0.05) is 52.3 Å². The molecule has 1 fully saturated rings. The van der Waals surface area contributed by atoms with Crippen LogP contribution in [0.15, 0.2) is 31.0 Å². The predicted octanol–water partition coefficient (Wildman–Crippen LogP) is 3.11. The minimum atomic E-state index is -1.08. The fourth-order valence-corrected chi connectivity index (χ4v) is 4.49. The number of hydrogen-bond acceptors (Lipinski definition) is 7. The van der Waals surface area contributed by atoms with Gasteiger partial charge in [-0.2, -0.15) is 0 Å². The summed E-state index contributed by atoms with van der Waals surface area (Å²) in [6.07, 6.45) is 7.99. The molecule has 3 aromatic rings. The van der Waals surface area contributed by atoms with Gasteiger partial charge in [0.05, 0.1) is 11.1 Å². The van der Waals surface area contributed by atoms with Crippen LogP contribution in [0.2, 0.25) is 25.7 Å². The van der Waals surface area contributed by atoms with Crippen molar-refractivity contribution >= 4 is 30.7 Å². The maximum atomic E-state index is 6.03. The van der Waals surface area contributed by atoms with Crippen molar-refractivity contribution < 1.29 is 4.74 Å². The number of fused-ring (bicyclic) bond motifs is 1. The van der Waals surface area contributed by atoms with Gasteiger partial charge in [0.2, 0.25) is 0 Å². The zero-order chi connectivity index (χ0) is 20.4. The lowest BCUT2D eigenvalue weighted by Gasteiger charge is -2.18. The summed E-state index contributed by atoms with van der Waals surface area (Å²) in [4.78, 5) is 20.0. The summed E-state index contributed by atoms with van der Waals surface area (Å²) in [5.74, 6) is 1.75. The Hall–Kier alpha value is -2.52. The molecule has 8 nitrogen and oxygen atoms in total. The first-order valence-corrected chi connectivity index (χ1v) is 13.8. The average Bonchev–Trinajstić information content (AvgIpc) is 3.32. The van der Waals surface area contributed by atoms with Gasteiger partial charge in [-0.25, -0.2) is 15.0 Å². The smallest absolute Gasteiger partial charge is 0.147 e. The van der Waals surface area contributed by atoms with E-state index in [1.807, 2.05) is 6.20 Å². The molecule has 0 aromatic carbocycles. The largest absolute Gasteiger partial charge is 0.382 e. The van der Waals surface area contributed by atoms with Crippen LogP contribution in [0.25, 0.3) is 11.0 Å². The maximum absolute atomic E-state index is 6.03. The van der Waals surface area contributed by atoms with Gasteiger partial charge in [0.25, 0.3) is 0 Å². The van der Waals surface area contributed by atoms with Crippen molar-refractivity contribution in [3.63, 3.8) is 0 Å². The van der Waals surface area contributed by atoms with Crippen molar-refractivity contribution in [2.45, 2.75) is 44.8 Å². The zero-order valence-electron chi connectivity index (χ0n) is 17.4. The summed E-state index contributed by atoms with van der Waals surface area (Å²) in [5, 5.41) is 1.05. The van der Waals surface area contributed by atoms with Crippen LogP contribution in [0.3, 0.4) is 0 Å². The summed E-state index contributed by atoms with van der Waals surface area (Å²) in [6, 6.07) is 3.24. The molecule has 9 heteroatoms. The van der Waals surface area contributed by atoms with E-state index in [-0.39, 0.29) is 5.92 Å². The second-order valence-electron chi connectivity index (χ2n) is 8.83. The highest BCUT2D eigenvalue weighted by Crippen LogP contribution is 2.33. The summed E-state index contributed by atoms with van der Waals surface area (Å²) in [5.41, 5.74) is 7.82. The van der Waals surface area contributed by atoms with Gasteiger partial charge >= 0.3 is 0 Å². The van der Waals surface area contributed by atoms with E-state index in [0.717, 1.165) is 54.7 Å². The number of anilines is 2. The van der Waals surface area contributed by atoms with Gasteiger partial charge < -0.3 is 19.9 Å². The van der Waals surface area contributed by atoms with Crippen molar-refractivity contribution in [1.82, 2.24) is 24.5 Å². The minimum Gasteiger partial charge on any atom is -0.382 e. The maximum Gasteiger partial charge on any atom is 0.147 e. The summed E-state index contributed by atoms with van der Waals surface area (Å²) < 4.78 is 7.96. The Bertz CT molecular complexity index is 984. The Balaban J connectivity index is 1.48. The van der Waals surface area contributed by atoms with Crippen molar-refractivity contribution in [3.05, 3.63) is 36.7 Å².